The minimum Gasteiger partial charge on any atom is -0.393 e. The van der Waals surface area contributed by atoms with Crippen LogP contribution in [0, 0.1) is 0 Å². The molecule has 0 bridgehead atoms. The predicted octanol–water partition coefficient (Wildman–Crippen LogP) is 1.47. The average Bonchev–Trinajstić information content (AvgIpc) is 1.65. The second-order valence-corrected chi connectivity index (χ2v) is 3.03. The lowest BCUT2D eigenvalue weighted by molar-refractivity contribution is 0.161. The summed E-state index contributed by atoms with van der Waals surface area (Å²) < 4.78 is 0. The van der Waals surface area contributed by atoms with Crippen LogP contribution < -0.4 is 0 Å². The molecular weight excluding hydrogens is 120 g/mol. The fourth-order valence-electron chi connectivity index (χ4n) is 0.560. The van der Waals surface area contributed by atoms with Crippen molar-refractivity contribution >= 4 is 12.6 Å². The van der Waals surface area contributed by atoms with Gasteiger partial charge in [0.15, 0.2) is 0 Å². The molecule has 0 aromatic heterocycles. The molecule has 0 unspecified atom stereocenters. The quantitative estimate of drug-likeness (QED) is 0.560. The lowest BCUT2D eigenvalue weighted by Crippen LogP contribution is -2.09. The van der Waals surface area contributed by atoms with E-state index in [2.05, 4.69) is 12.6 Å². The van der Waals surface area contributed by atoms with Gasteiger partial charge in [-0.25, -0.2) is 0 Å². The van der Waals surface area contributed by atoms with Gasteiger partial charge in [0.25, 0.3) is 0 Å². The summed E-state index contributed by atoms with van der Waals surface area (Å²) in [6.07, 6.45) is 1.49. The maximum Gasteiger partial charge on any atom is 0.0548 e. The van der Waals surface area contributed by atoms with Crippen LogP contribution in [0.4, 0.5) is 0 Å². The Labute approximate surface area is 56.5 Å². The van der Waals surface area contributed by atoms with Crippen molar-refractivity contribution in [2.75, 3.05) is 0 Å². The predicted molar refractivity (Wildman–Crippen MR) is 39.4 cm³/mol. The normalized spacial score (nSPS) is 18.0. The molecule has 0 aliphatic carbocycles. The van der Waals surface area contributed by atoms with E-state index in [0.29, 0.717) is 5.25 Å². The van der Waals surface area contributed by atoms with E-state index in [1.165, 1.54) is 0 Å². The largest absolute Gasteiger partial charge is 0.393 e. The monoisotopic (exact) mass is 134 g/mol. The standard InChI is InChI=1S/C6H14OS/c1-3-6(7)4-5(2)8/h5-8H,3-4H2,1-2H3/t5-,6+/m0/s1. The smallest absolute Gasteiger partial charge is 0.0548 e. The van der Waals surface area contributed by atoms with Crippen LogP contribution in [0.3, 0.4) is 0 Å². The molecule has 0 aliphatic rings. The topological polar surface area (TPSA) is 20.2 Å². The molecule has 2 heteroatoms. The van der Waals surface area contributed by atoms with Crippen LogP contribution in [0.5, 0.6) is 0 Å². The lowest BCUT2D eigenvalue weighted by atomic mass is 10.2. The summed E-state index contributed by atoms with van der Waals surface area (Å²) in [5.74, 6) is 0. The van der Waals surface area contributed by atoms with Gasteiger partial charge < -0.3 is 5.11 Å². The molecule has 0 aromatic carbocycles. The van der Waals surface area contributed by atoms with Crippen molar-refractivity contribution < 1.29 is 5.11 Å². The highest BCUT2D eigenvalue weighted by Gasteiger charge is 2.02. The highest BCUT2D eigenvalue weighted by atomic mass is 32.1. The Kier molecular flexibility index (Phi) is 4.38. The van der Waals surface area contributed by atoms with Crippen LogP contribution in [0.2, 0.25) is 0 Å². The van der Waals surface area contributed by atoms with Crippen LogP contribution in [0.15, 0.2) is 0 Å². The summed E-state index contributed by atoms with van der Waals surface area (Å²) in [5.41, 5.74) is 0. The fourth-order valence-corrected chi connectivity index (χ4v) is 0.804. The molecule has 2 atom stereocenters. The molecule has 8 heavy (non-hydrogen) atoms. The van der Waals surface area contributed by atoms with Crippen LogP contribution in [-0.2, 0) is 0 Å². The fraction of sp³-hybridized carbons (Fsp3) is 1.00. The molecule has 1 nitrogen and oxygen atoms in total. The van der Waals surface area contributed by atoms with Crippen molar-refractivity contribution in [2.24, 2.45) is 0 Å². The third-order valence-corrected chi connectivity index (χ3v) is 1.30. The molecule has 0 rings (SSSR count). The Balaban J connectivity index is 3.10. The highest BCUT2D eigenvalue weighted by molar-refractivity contribution is 7.80. The number of aliphatic hydroxyl groups is 1. The van der Waals surface area contributed by atoms with Crippen molar-refractivity contribution in [3.05, 3.63) is 0 Å². The molecule has 0 amide bonds. The summed E-state index contributed by atoms with van der Waals surface area (Å²) in [5, 5.41) is 9.30. The summed E-state index contributed by atoms with van der Waals surface area (Å²) in [7, 11) is 0. The molecule has 0 saturated carbocycles. The van der Waals surface area contributed by atoms with E-state index in [0.717, 1.165) is 12.8 Å². The molecular formula is C6H14OS. The minimum atomic E-state index is -0.150. The third-order valence-electron chi connectivity index (χ3n) is 1.08. The summed E-state index contributed by atoms with van der Waals surface area (Å²) >= 11 is 4.13. The second kappa shape index (κ2) is 4.21. The van der Waals surface area contributed by atoms with Crippen LogP contribution in [-0.4, -0.2) is 16.5 Å². The van der Waals surface area contributed by atoms with E-state index in [-0.39, 0.29) is 6.10 Å². The van der Waals surface area contributed by atoms with Crippen molar-refractivity contribution in [3.63, 3.8) is 0 Å². The first-order valence-corrected chi connectivity index (χ1v) is 3.54. The van der Waals surface area contributed by atoms with Gasteiger partial charge in [-0.15, -0.1) is 0 Å². The number of hydrogen-bond donors (Lipinski definition) is 2. The number of rotatable bonds is 3. The van der Waals surface area contributed by atoms with E-state index < -0.39 is 0 Å². The van der Waals surface area contributed by atoms with Crippen LogP contribution in [0.25, 0.3) is 0 Å². The van der Waals surface area contributed by atoms with E-state index >= 15 is 0 Å². The van der Waals surface area contributed by atoms with Gasteiger partial charge in [-0.2, -0.15) is 12.6 Å². The van der Waals surface area contributed by atoms with Crippen molar-refractivity contribution in [1.29, 1.82) is 0 Å². The van der Waals surface area contributed by atoms with E-state index in [4.69, 9.17) is 5.11 Å². The van der Waals surface area contributed by atoms with E-state index in [1.807, 2.05) is 13.8 Å². The van der Waals surface area contributed by atoms with Crippen LogP contribution in [0.1, 0.15) is 26.7 Å². The summed E-state index contributed by atoms with van der Waals surface area (Å²) in [6.45, 7) is 3.96. The van der Waals surface area contributed by atoms with Gasteiger partial charge in [0.2, 0.25) is 0 Å². The molecule has 1 N–H and O–H groups in total. The Hall–Kier alpha value is 0.310. The minimum absolute atomic E-state index is 0.150. The van der Waals surface area contributed by atoms with Crippen molar-refractivity contribution in [1.82, 2.24) is 0 Å². The molecule has 0 radical (unpaired) electrons. The molecule has 50 valence electrons. The first kappa shape index (κ1) is 8.31. The third kappa shape index (κ3) is 4.47. The van der Waals surface area contributed by atoms with Gasteiger partial charge in [0, 0.05) is 5.25 Å². The van der Waals surface area contributed by atoms with Gasteiger partial charge in [0.1, 0.15) is 0 Å². The van der Waals surface area contributed by atoms with Gasteiger partial charge in [0.05, 0.1) is 6.10 Å². The van der Waals surface area contributed by atoms with E-state index in [1.54, 1.807) is 0 Å². The SMILES string of the molecule is CC[C@@H](O)C[C@H](C)S. The zero-order valence-corrected chi connectivity index (χ0v) is 6.36. The zero-order chi connectivity index (χ0) is 6.57. The maximum atomic E-state index is 8.98. The molecule has 0 saturated heterocycles. The average molecular weight is 134 g/mol. The van der Waals surface area contributed by atoms with Gasteiger partial charge in [-0.3, -0.25) is 0 Å². The molecule has 0 spiro atoms. The van der Waals surface area contributed by atoms with Gasteiger partial charge >= 0.3 is 0 Å². The van der Waals surface area contributed by atoms with E-state index in [9.17, 15) is 0 Å². The molecule has 0 aromatic rings. The van der Waals surface area contributed by atoms with Gasteiger partial charge in [-0.1, -0.05) is 13.8 Å². The Bertz CT molecular complexity index is 54.5. The maximum absolute atomic E-state index is 8.98. The Morgan fingerprint density at radius 3 is 2.25 bits per heavy atom. The second-order valence-electron chi connectivity index (χ2n) is 2.15. The zero-order valence-electron chi connectivity index (χ0n) is 5.46. The molecule has 0 fully saturated rings. The number of aliphatic hydroxyl groups excluding tert-OH is 1. The number of thiol groups is 1. The number of hydrogen-bond acceptors (Lipinski definition) is 2. The summed E-state index contributed by atoms with van der Waals surface area (Å²) in [4.78, 5) is 0. The highest BCUT2D eigenvalue weighted by Crippen LogP contribution is 2.05. The van der Waals surface area contributed by atoms with Crippen LogP contribution >= 0.6 is 12.6 Å². The first-order valence-electron chi connectivity index (χ1n) is 3.03. The molecule has 0 heterocycles. The van der Waals surface area contributed by atoms with Crippen molar-refractivity contribution in [2.45, 2.75) is 38.0 Å². The Morgan fingerprint density at radius 2 is 2.12 bits per heavy atom. The van der Waals surface area contributed by atoms with Gasteiger partial charge in [-0.05, 0) is 12.8 Å². The molecule has 0 aliphatic heterocycles. The van der Waals surface area contributed by atoms with Crippen molar-refractivity contribution in [3.8, 4) is 0 Å². The first-order chi connectivity index (χ1) is 3.66. The lowest BCUT2D eigenvalue weighted by Gasteiger charge is -2.08. The summed E-state index contributed by atoms with van der Waals surface area (Å²) in [6, 6.07) is 0. The Morgan fingerprint density at radius 1 is 1.62 bits per heavy atom.